The molecule has 0 saturated carbocycles. The lowest BCUT2D eigenvalue weighted by molar-refractivity contribution is -0.113. The predicted octanol–water partition coefficient (Wildman–Crippen LogP) is 4.58. The second kappa shape index (κ2) is 9.06. The molecule has 0 bridgehead atoms. The van der Waals surface area contributed by atoms with Crippen LogP contribution in [-0.2, 0) is 17.8 Å². The molecule has 7 heteroatoms. The van der Waals surface area contributed by atoms with Gasteiger partial charge in [0.1, 0.15) is 5.82 Å². The number of nitrogens with zero attached hydrogens (tertiary/aromatic N) is 3. The smallest absolute Gasteiger partial charge is 0.234 e. The molecular weight excluding hydrogens is 380 g/mol. The van der Waals surface area contributed by atoms with Crippen molar-refractivity contribution in [2.24, 2.45) is 0 Å². The minimum atomic E-state index is -0.102. The molecule has 1 amide bonds. The summed E-state index contributed by atoms with van der Waals surface area (Å²) in [5, 5.41) is 12.8. The molecule has 27 heavy (non-hydrogen) atoms. The van der Waals surface area contributed by atoms with Crippen LogP contribution < -0.4 is 5.32 Å². The molecule has 0 aliphatic rings. The average molecular weight is 401 g/mol. The Labute approximate surface area is 168 Å². The number of halogens is 1. The lowest BCUT2D eigenvalue weighted by atomic mass is 10.1. The number of aryl methyl sites for hydroxylation is 1. The van der Waals surface area contributed by atoms with E-state index < -0.39 is 0 Å². The van der Waals surface area contributed by atoms with Gasteiger partial charge in [-0.05, 0) is 37.1 Å². The molecule has 0 radical (unpaired) electrons. The molecule has 3 rings (SSSR count). The first-order chi connectivity index (χ1) is 13.1. The Balaban J connectivity index is 1.62. The van der Waals surface area contributed by atoms with E-state index in [2.05, 4.69) is 34.6 Å². The van der Waals surface area contributed by atoms with Crippen LogP contribution in [0.3, 0.4) is 0 Å². The second-order valence-electron chi connectivity index (χ2n) is 6.11. The van der Waals surface area contributed by atoms with Crippen LogP contribution in [0.1, 0.15) is 23.9 Å². The van der Waals surface area contributed by atoms with E-state index >= 15 is 0 Å². The maximum absolute atomic E-state index is 12.2. The largest absolute Gasteiger partial charge is 0.325 e. The number of anilines is 1. The van der Waals surface area contributed by atoms with Crippen LogP contribution in [0.15, 0.2) is 53.7 Å². The Bertz CT molecular complexity index is 927. The van der Waals surface area contributed by atoms with Gasteiger partial charge >= 0.3 is 0 Å². The maximum atomic E-state index is 12.2. The Morgan fingerprint density at radius 3 is 2.67 bits per heavy atom. The third-order valence-electron chi connectivity index (χ3n) is 4.10. The highest BCUT2D eigenvalue weighted by molar-refractivity contribution is 7.99. The number of carbonyl (C=O) groups is 1. The van der Waals surface area contributed by atoms with Crippen molar-refractivity contribution in [2.45, 2.75) is 32.0 Å². The molecule has 0 atom stereocenters. The molecule has 5 nitrogen and oxygen atoms in total. The zero-order valence-corrected chi connectivity index (χ0v) is 16.8. The summed E-state index contributed by atoms with van der Waals surface area (Å²) in [6.45, 7) is 4.73. The monoisotopic (exact) mass is 400 g/mol. The van der Waals surface area contributed by atoms with E-state index in [0.29, 0.717) is 10.7 Å². The standard InChI is InChI=1S/C20H21ClN4OS/c1-3-25-18(11-15-7-5-4-6-8-15)23-24-20(25)27-13-19(26)22-16-10-9-14(2)17(21)12-16/h4-10,12H,3,11,13H2,1-2H3,(H,22,26). The fraction of sp³-hybridized carbons (Fsp3) is 0.250. The molecule has 1 heterocycles. The predicted molar refractivity (Wildman–Crippen MR) is 110 cm³/mol. The van der Waals surface area contributed by atoms with E-state index in [1.54, 1.807) is 6.07 Å². The van der Waals surface area contributed by atoms with Crippen LogP contribution in [0.4, 0.5) is 5.69 Å². The van der Waals surface area contributed by atoms with Crippen molar-refractivity contribution in [3.05, 3.63) is 70.5 Å². The van der Waals surface area contributed by atoms with Gasteiger partial charge in [0.2, 0.25) is 5.91 Å². The van der Waals surface area contributed by atoms with Crippen molar-refractivity contribution >= 4 is 35.0 Å². The Hall–Kier alpha value is -2.31. The molecule has 1 N–H and O–H groups in total. The topological polar surface area (TPSA) is 59.8 Å². The van der Waals surface area contributed by atoms with E-state index in [4.69, 9.17) is 11.6 Å². The zero-order chi connectivity index (χ0) is 19.2. The first-order valence-electron chi connectivity index (χ1n) is 8.71. The van der Waals surface area contributed by atoms with Crippen LogP contribution in [0.25, 0.3) is 0 Å². The number of rotatable bonds is 7. The van der Waals surface area contributed by atoms with Gasteiger partial charge in [-0.1, -0.05) is 59.8 Å². The van der Waals surface area contributed by atoms with E-state index in [9.17, 15) is 4.79 Å². The molecule has 0 aliphatic heterocycles. The van der Waals surface area contributed by atoms with Crippen molar-refractivity contribution in [2.75, 3.05) is 11.1 Å². The highest BCUT2D eigenvalue weighted by Crippen LogP contribution is 2.22. The summed E-state index contributed by atoms with van der Waals surface area (Å²) in [7, 11) is 0. The van der Waals surface area contributed by atoms with Crippen LogP contribution in [-0.4, -0.2) is 26.4 Å². The van der Waals surface area contributed by atoms with Crippen molar-refractivity contribution in [3.63, 3.8) is 0 Å². The normalized spacial score (nSPS) is 10.8. The summed E-state index contributed by atoms with van der Waals surface area (Å²) in [5.41, 5.74) is 2.86. The molecule has 1 aromatic heterocycles. The average Bonchev–Trinajstić information content (AvgIpc) is 3.05. The van der Waals surface area contributed by atoms with Gasteiger partial charge in [0.15, 0.2) is 5.16 Å². The molecule has 0 aliphatic carbocycles. The SMILES string of the molecule is CCn1c(Cc2ccccc2)nnc1SCC(=O)Nc1ccc(C)c(Cl)c1. The molecule has 0 spiro atoms. The van der Waals surface area contributed by atoms with Gasteiger partial charge < -0.3 is 9.88 Å². The number of thioether (sulfide) groups is 1. The van der Waals surface area contributed by atoms with Gasteiger partial charge in [0.25, 0.3) is 0 Å². The molecule has 2 aromatic carbocycles. The van der Waals surface area contributed by atoms with Crippen molar-refractivity contribution in [3.8, 4) is 0 Å². The molecule has 0 fully saturated rings. The fourth-order valence-corrected chi connectivity index (χ4v) is 3.65. The number of aromatic nitrogens is 3. The fourth-order valence-electron chi connectivity index (χ4n) is 2.65. The maximum Gasteiger partial charge on any atom is 0.234 e. The minimum absolute atomic E-state index is 0.102. The summed E-state index contributed by atoms with van der Waals surface area (Å²) in [5.74, 6) is 1.06. The molecule has 0 unspecified atom stereocenters. The Kier molecular flexibility index (Phi) is 6.53. The van der Waals surface area contributed by atoms with Crippen LogP contribution in [0.5, 0.6) is 0 Å². The van der Waals surface area contributed by atoms with E-state index in [1.807, 2.05) is 41.8 Å². The highest BCUT2D eigenvalue weighted by Gasteiger charge is 2.14. The van der Waals surface area contributed by atoms with Crippen molar-refractivity contribution < 1.29 is 4.79 Å². The zero-order valence-electron chi connectivity index (χ0n) is 15.3. The van der Waals surface area contributed by atoms with Gasteiger partial charge in [-0.2, -0.15) is 0 Å². The highest BCUT2D eigenvalue weighted by atomic mass is 35.5. The van der Waals surface area contributed by atoms with E-state index in [1.165, 1.54) is 17.3 Å². The lowest BCUT2D eigenvalue weighted by Gasteiger charge is -2.08. The van der Waals surface area contributed by atoms with Gasteiger partial charge in [0.05, 0.1) is 5.75 Å². The quantitative estimate of drug-likeness (QED) is 0.589. The van der Waals surface area contributed by atoms with Gasteiger partial charge in [0, 0.05) is 23.7 Å². The van der Waals surface area contributed by atoms with Crippen molar-refractivity contribution in [1.29, 1.82) is 0 Å². The third-order valence-corrected chi connectivity index (χ3v) is 5.48. The molecule has 0 saturated heterocycles. The van der Waals surface area contributed by atoms with Crippen LogP contribution in [0, 0.1) is 6.92 Å². The second-order valence-corrected chi connectivity index (χ2v) is 7.46. The Morgan fingerprint density at radius 1 is 1.19 bits per heavy atom. The number of hydrogen-bond acceptors (Lipinski definition) is 4. The number of nitrogens with one attached hydrogen (secondary N) is 1. The summed E-state index contributed by atoms with van der Waals surface area (Å²) >= 11 is 7.48. The minimum Gasteiger partial charge on any atom is -0.325 e. The summed E-state index contributed by atoms with van der Waals surface area (Å²) in [6, 6.07) is 15.6. The molecule has 140 valence electrons. The lowest BCUT2D eigenvalue weighted by Crippen LogP contribution is -2.14. The summed E-state index contributed by atoms with van der Waals surface area (Å²) < 4.78 is 2.05. The number of benzene rings is 2. The third kappa shape index (κ3) is 5.11. The van der Waals surface area contributed by atoms with Gasteiger partial charge in [-0.15, -0.1) is 10.2 Å². The van der Waals surface area contributed by atoms with Gasteiger partial charge in [-0.25, -0.2) is 0 Å². The molecule has 3 aromatic rings. The number of carbonyl (C=O) groups excluding carboxylic acids is 1. The van der Waals surface area contributed by atoms with Gasteiger partial charge in [-0.3, -0.25) is 4.79 Å². The summed E-state index contributed by atoms with van der Waals surface area (Å²) in [4.78, 5) is 12.2. The van der Waals surface area contributed by atoms with E-state index in [0.717, 1.165) is 29.5 Å². The van der Waals surface area contributed by atoms with Crippen LogP contribution in [0.2, 0.25) is 5.02 Å². The first kappa shape index (κ1) is 19.5. The molecular formula is C20H21ClN4OS. The number of hydrogen-bond donors (Lipinski definition) is 1. The summed E-state index contributed by atoms with van der Waals surface area (Å²) in [6.07, 6.45) is 0.719. The number of amides is 1. The van der Waals surface area contributed by atoms with Crippen LogP contribution >= 0.6 is 23.4 Å². The van der Waals surface area contributed by atoms with E-state index in [-0.39, 0.29) is 11.7 Å². The first-order valence-corrected chi connectivity index (χ1v) is 10.1. The van der Waals surface area contributed by atoms with Crippen molar-refractivity contribution in [1.82, 2.24) is 14.8 Å². The Morgan fingerprint density at radius 2 is 1.96 bits per heavy atom.